The minimum Gasteiger partial charge on any atom is -0.494 e. The summed E-state index contributed by atoms with van der Waals surface area (Å²) >= 11 is 1.36. The number of thiophene rings is 1. The largest absolute Gasteiger partial charge is 0.494 e. The van der Waals surface area contributed by atoms with Gasteiger partial charge in [0.15, 0.2) is 6.61 Å². The Bertz CT molecular complexity index is 905. The number of carbonyl (C=O) groups is 3. The number of anilines is 1. The van der Waals surface area contributed by atoms with Gasteiger partial charge in [0.1, 0.15) is 10.8 Å². The summed E-state index contributed by atoms with van der Waals surface area (Å²) in [7, 11) is 0. The van der Waals surface area contributed by atoms with E-state index in [0.29, 0.717) is 28.5 Å². The zero-order chi connectivity index (χ0) is 20.8. The molecule has 0 saturated heterocycles. The summed E-state index contributed by atoms with van der Waals surface area (Å²) in [6.45, 7) is 2.26. The van der Waals surface area contributed by atoms with Crippen LogP contribution < -0.4 is 15.8 Å². The van der Waals surface area contributed by atoms with Crippen LogP contribution in [-0.4, -0.2) is 31.0 Å². The standard InChI is InChI=1S/C21H24N2O5S/c1-2-3-11-27-14-9-7-13(8-10-14)21(26)28-12-17(24)23-20-18(19(22)25)15-5-4-6-16(15)29-20/h7-10H,2-6,11-12H2,1H3,(H2,22,25)(H,23,24). The van der Waals surface area contributed by atoms with Gasteiger partial charge in [-0.25, -0.2) is 4.79 Å². The third kappa shape index (κ3) is 5.14. The molecule has 1 heterocycles. The Morgan fingerprint density at radius 3 is 2.62 bits per heavy atom. The molecular weight excluding hydrogens is 392 g/mol. The van der Waals surface area contributed by atoms with E-state index in [-0.39, 0.29) is 0 Å². The lowest BCUT2D eigenvalue weighted by molar-refractivity contribution is -0.119. The average Bonchev–Trinajstić information content (AvgIpc) is 3.27. The van der Waals surface area contributed by atoms with Crippen molar-refractivity contribution in [3.05, 3.63) is 45.8 Å². The highest BCUT2D eigenvalue weighted by Crippen LogP contribution is 2.38. The van der Waals surface area contributed by atoms with Crippen LogP contribution in [0.2, 0.25) is 0 Å². The molecule has 0 aliphatic heterocycles. The Hall–Kier alpha value is -2.87. The van der Waals surface area contributed by atoms with E-state index in [2.05, 4.69) is 12.2 Å². The average molecular weight is 416 g/mol. The molecule has 3 N–H and O–H groups in total. The lowest BCUT2D eigenvalue weighted by atomic mass is 10.1. The number of primary amides is 1. The highest BCUT2D eigenvalue weighted by molar-refractivity contribution is 7.17. The molecule has 0 radical (unpaired) electrons. The normalized spacial score (nSPS) is 12.3. The van der Waals surface area contributed by atoms with Gasteiger partial charge in [-0.1, -0.05) is 13.3 Å². The zero-order valence-corrected chi connectivity index (χ0v) is 17.1. The monoisotopic (exact) mass is 416 g/mol. The lowest BCUT2D eigenvalue weighted by Gasteiger charge is -2.08. The number of unbranched alkanes of at least 4 members (excludes halogenated alkanes) is 1. The Kier molecular flexibility index (Phi) is 6.87. The molecule has 2 aromatic rings. The van der Waals surface area contributed by atoms with E-state index in [4.69, 9.17) is 15.2 Å². The van der Waals surface area contributed by atoms with Crippen LogP contribution in [0.4, 0.5) is 5.00 Å². The summed E-state index contributed by atoms with van der Waals surface area (Å²) in [5, 5.41) is 3.08. The van der Waals surface area contributed by atoms with Crippen LogP contribution in [0.25, 0.3) is 0 Å². The van der Waals surface area contributed by atoms with Gasteiger partial charge in [-0.2, -0.15) is 0 Å². The second kappa shape index (κ2) is 9.56. The van der Waals surface area contributed by atoms with E-state index in [1.807, 2.05) is 0 Å². The molecule has 7 nitrogen and oxygen atoms in total. The van der Waals surface area contributed by atoms with Crippen molar-refractivity contribution in [1.82, 2.24) is 0 Å². The maximum Gasteiger partial charge on any atom is 0.338 e. The molecule has 3 rings (SSSR count). The highest BCUT2D eigenvalue weighted by Gasteiger charge is 2.26. The lowest BCUT2D eigenvalue weighted by Crippen LogP contribution is -2.22. The van der Waals surface area contributed by atoms with Gasteiger partial charge in [0.05, 0.1) is 17.7 Å². The van der Waals surface area contributed by atoms with E-state index in [0.717, 1.165) is 42.5 Å². The quantitative estimate of drug-likeness (QED) is 0.482. The summed E-state index contributed by atoms with van der Waals surface area (Å²) in [6, 6.07) is 6.57. The number of hydrogen-bond donors (Lipinski definition) is 2. The fourth-order valence-electron chi connectivity index (χ4n) is 3.15. The third-order valence-electron chi connectivity index (χ3n) is 4.61. The Balaban J connectivity index is 1.53. The van der Waals surface area contributed by atoms with E-state index < -0.39 is 24.4 Å². The van der Waals surface area contributed by atoms with Gasteiger partial charge < -0.3 is 20.5 Å². The van der Waals surface area contributed by atoms with E-state index >= 15 is 0 Å². The van der Waals surface area contributed by atoms with E-state index in [1.54, 1.807) is 24.3 Å². The molecule has 0 unspecified atom stereocenters. The fourth-order valence-corrected chi connectivity index (χ4v) is 4.46. The van der Waals surface area contributed by atoms with Crippen LogP contribution in [0.15, 0.2) is 24.3 Å². The van der Waals surface area contributed by atoms with Crippen LogP contribution in [-0.2, 0) is 22.4 Å². The van der Waals surface area contributed by atoms with Crippen molar-refractivity contribution in [3.63, 3.8) is 0 Å². The second-order valence-electron chi connectivity index (χ2n) is 6.78. The molecule has 1 aliphatic carbocycles. The number of hydrogen-bond acceptors (Lipinski definition) is 6. The number of fused-ring (bicyclic) bond motifs is 1. The van der Waals surface area contributed by atoms with Gasteiger partial charge >= 0.3 is 5.97 Å². The van der Waals surface area contributed by atoms with Crippen molar-refractivity contribution in [2.45, 2.75) is 39.0 Å². The van der Waals surface area contributed by atoms with Crippen molar-refractivity contribution >= 4 is 34.1 Å². The SMILES string of the molecule is CCCCOc1ccc(C(=O)OCC(=O)Nc2sc3c(c2C(N)=O)CCC3)cc1. The summed E-state index contributed by atoms with van der Waals surface area (Å²) in [5.74, 6) is -1.00. The molecule has 2 amide bonds. The minimum absolute atomic E-state index is 0.327. The van der Waals surface area contributed by atoms with Crippen LogP contribution in [0.1, 0.15) is 57.3 Å². The third-order valence-corrected chi connectivity index (χ3v) is 5.82. The van der Waals surface area contributed by atoms with Crippen molar-refractivity contribution < 1.29 is 23.9 Å². The van der Waals surface area contributed by atoms with E-state index in [9.17, 15) is 14.4 Å². The summed E-state index contributed by atoms with van der Waals surface area (Å²) in [6.07, 6.45) is 4.65. The molecular formula is C21H24N2O5S. The Labute approximate surface area is 173 Å². The van der Waals surface area contributed by atoms with Crippen molar-refractivity contribution in [1.29, 1.82) is 0 Å². The van der Waals surface area contributed by atoms with Gasteiger partial charge in [-0.3, -0.25) is 9.59 Å². The maximum atomic E-state index is 12.2. The first kappa shape index (κ1) is 20.9. The number of nitrogens with two attached hydrogens (primary N) is 1. The molecule has 29 heavy (non-hydrogen) atoms. The number of rotatable bonds is 9. The molecule has 0 atom stereocenters. The number of carbonyl (C=O) groups excluding carboxylic acids is 3. The van der Waals surface area contributed by atoms with Crippen LogP contribution in [0.3, 0.4) is 0 Å². The number of ether oxygens (including phenoxy) is 2. The van der Waals surface area contributed by atoms with Crippen molar-refractivity contribution in [2.75, 3.05) is 18.5 Å². The van der Waals surface area contributed by atoms with Gasteiger partial charge in [0, 0.05) is 4.88 Å². The van der Waals surface area contributed by atoms with Gasteiger partial charge in [-0.05, 0) is 55.5 Å². The van der Waals surface area contributed by atoms with Gasteiger partial charge in [0.25, 0.3) is 11.8 Å². The van der Waals surface area contributed by atoms with Crippen LogP contribution >= 0.6 is 11.3 Å². The first-order valence-electron chi connectivity index (χ1n) is 9.63. The molecule has 154 valence electrons. The smallest absolute Gasteiger partial charge is 0.338 e. The van der Waals surface area contributed by atoms with Gasteiger partial charge in [-0.15, -0.1) is 11.3 Å². The predicted molar refractivity (Wildman–Crippen MR) is 111 cm³/mol. The summed E-state index contributed by atoms with van der Waals surface area (Å²) < 4.78 is 10.6. The molecule has 1 aromatic carbocycles. The highest BCUT2D eigenvalue weighted by atomic mass is 32.1. The molecule has 1 aromatic heterocycles. The topological polar surface area (TPSA) is 108 Å². The zero-order valence-electron chi connectivity index (χ0n) is 16.3. The minimum atomic E-state index is -0.607. The summed E-state index contributed by atoms with van der Waals surface area (Å²) in [5.41, 5.74) is 7.11. The molecule has 0 fully saturated rings. The molecule has 0 saturated carbocycles. The predicted octanol–water partition coefficient (Wildman–Crippen LogP) is 3.31. The first-order chi connectivity index (χ1) is 14.0. The second-order valence-corrected chi connectivity index (χ2v) is 7.88. The Morgan fingerprint density at radius 1 is 1.17 bits per heavy atom. The summed E-state index contributed by atoms with van der Waals surface area (Å²) in [4.78, 5) is 37.2. The molecule has 1 aliphatic rings. The fraction of sp³-hybridized carbons (Fsp3) is 0.381. The number of esters is 1. The van der Waals surface area contributed by atoms with Crippen LogP contribution in [0.5, 0.6) is 5.75 Å². The van der Waals surface area contributed by atoms with E-state index in [1.165, 1.54) is 11.3 Å². The number of nitrogens with one attached hydrogen (secondary N) is 1. The van der Waals surface area contributed by atoms with Gasteiger partial charge in [0.2, 0.25) is 0 Å². The Morgan fingerprint density at radius 2 is 1.93 bits per heavy atom. The van der Waals surface area contributed by atoms with Crippen molar-refractivity contribution in [3.8, 4) is 5.75 Å². The van der Waals surface area contributed by atoms with Crippen molar-refractivity contribution in [2.24, 2.45) is 5.73 Å². The number of amides is 2. The van der Waals surface area contributed by atoms with Crippen LogP contribution in [0, 0.1) is 0 Å². The molecule has 0 bridgehead atoms. The maximum absolute atomic E-state index is 12.2. The number of benzene rings is 1. The molecule has 0 spiro atoms. The number of aryl methyl sites for hydroxylation is 1. The molecule has 8 heteroatoms. The first-order valence-corrected chi connectivity index (χ1v) is 10.5.